The third-order valence-corrected chi connectivity index (χ3v) is 6.68. The maximum absolute atomic E-state index is 15.1. The maximum Gasteiger partial charge on any atom is 0.156 e. The lowest BCUT2D eigenvalue weighted by Crippen LogP contribution is -2.17. The summed E-state index contributed by atoms with van der Waals surface area (Å²) in [6.45, 7) is 2.13. The first-order valence-corrected chi connectivity index (χ1v) is 10.9. The summed E-state index contributed by atoms with van der Waals surface area (Å²) >= 11 is 3.54. The lowest BCUT2D eigenvalue weighted by Gasteiger charge is -2.17. The van der Waals surface area contributed by atoms with Gasteiger partial charge in [0.1, 0.15) is 17.9 Å². The van der Waals surface area contributed by atoms with Crippen molar-refractivity contribution >= 4 is 49.2 Å². The predicted octanol–water partition coefficient (Wildman–Crippen LogP) is 5.24. The van der Waals surface area contributed by atoms with Gasteiger partial charge in [-0.05, 0) is 48.7 Å². The van der Waals surface area contributed by atoms with Gasteiger partial charge in [0.25, 0.3) is 0 Å². The molecular weight excluding hydrogens is 463 g/mol. The smallest absolute Gasteiger partial charge is 0.156 e. The second kappa shape index (κ2) is 7.10. The van der Waals surface area contributed by atoms with Crippen LogP contribution in [-0.2, 0) is 4.74 Å². The average Bonchev–Trinajstić information content (AvgIpc) is 3.33. The molecule has 0 bridgehead atoms. The Labute approximate surface area is 185 Å². The van der Waals surface area contributed by atoms with Crippen LogP contribution in [0.4, 0.5) is 15.9 Å². The van der Waals surface area contributed by atoms with E-state index in [-0.39, 0.29) is 11.2 Å². The summed E-state index contributed by atoms with van der Waals surface area (Å²) in [6, 6.07) is 10.7. The molecule has 4 aromatic rings. The zero-order chi connectivity index (χ0) is 21.0. The molecule has 3 heterocycles. The molecule has 2 unspecified atom stereocenters. The molecular formula is C23H18BrFN4O2. The van der Waals surface area contributed by atoms with Gasteiger partial charge in [0, 0.05) is 21.5 Å². The lowest BCUT2D eigenvalue weighted by atomic mass is 10.1. The number of halogens is 2. The number of hydrogen-bond donors (Lipinski definition) is 1. The molecule has 6 rings (SSSR count). The van der Waals surface area contributed by atoms with E-state index in [2.05, 4.69) is 36.2 Å². The van der Waals surface area contributed by atoms with Crippen LogP contribution in [0, 0.1) is 17.2 Å². The summed E-state index contributed by atoms with van der Waals surface area (Å²) < 4.78 is 27.8. The number of hydrogen-bond acceptors (Lipinski definition) is 6. The molecule has 8 heteroatoms. The first-order valence-electron chi connectivity index (χ1n) is 10.1. The summed E-state index contributed by atoms with van der Waals surface area (Å²) in [4.78, 5) is 13.0. The van der Waals surface area contributed by atoms with Gasteiger partial charge in [-0.2, -0.15) is 0 Å². The van der Waals surface area contributed by atoms with Crippen molar-refractivity contribution in [3.05, 3.63) is 59.2 Å². The molecule has 2 aliphatic rings. The number of nitrogens with one attached hydrogen (secondary N) is 1. The van der Waals surface area contributed by atoms with Gasteiger partial charge in [-0.25, -0.2) is 14.4 Å². The highest BCUT2D eigenvalue weighted by Crippen LogP contribution is 2.57. The monoisotopic (exact) mass is 480 g/mol. The van der Waals surface area contributed by atoms with Crippen molar-refractivity contribution in [1.82, 2.24) is 15.0 Å². The van der Waals surface area contributed by atoms with E-state index in [9.17, 15) is 0 Å². The first kappa shape index (κ1) is 18.9. The molecule has 0 radical (unpaired) electrons. The SMILES string of the molecule is Fc1c(Nc2ncnc3cc(Br)cc(OCC45COCC4C5)c23)ccc2ncccc12. The Morgan fingerprint density at radius 3 is 2.97 bits per heavy atom. The highest BCUT2D eigenvalue weighted by atomic mass is 79.9. The topological polar surface area (TPSA) is 69.2 Å². The zero-order valence-corrected chi connectivity index (χ0v) is 18.0. The Hall–Kier alpha value is -2.84. The van der Waals surface area contributed by atoms with E-state index in [0.717, 1.165) is 24.1 Å². The van der Waals surface area contributed by atoms with E-state index in [1.807, 2.05) is 12.1 Å². The minimum absolute atomic E-state index is 0.120. The number of rotatable bonds is 5. The number of anilines is 2. The number of ether oxygens (including phenoxy) is 2. The molecule has 1 saturated carbocycles. The van der Waals surface area contributed by atoms with Crippen molar-refractivity contribution < 1.29 is 13.9 Å². The van der Waals surface area contributed by atoms with Crippen LogP contribution in [0.5, 0.6) is 5.75 Å². The molecule has 31 heavy (non-hydrogen) atoms. The molecule has 1 N–H and O–H groups in total. The molecule has 156 valence electrons. The highest BCUT2D eigenvalue weighted by molar-refractivity contribution is 9.10. The summed E-state index contributed by atoms with van der Waals surface area (Å²) in [6.07, 6.45) is 4.24. The third-order valence-electron chi connectivity index (χ3n) is 6.22. The Morgan fingerprint density at radius 1 is 1.19 bits per heavy atom. The number of aromatic nitrogens is 3. The number of pyridine rings is 1. The molecule has 6 nitrogen and oxygen atoms in total. The predicted molar refractivity (Wildman–Crippen MR) is 119 cm³/mol. The van der Waals surface area contributed by atoms with Crippen molar-refractivity contribution in [2.75, 3.05) is 25.1 Å². The lowest BCUT2D eigenvalue weighted by molar-refractivity contribution is 0.124. The van der Waals surface area contributed by atoms with E-state index in [0.29, 0.717) is 51.6 Å². The molecule has 2 aromatic carbocycles. The van der Waals surface area contributed by atoms with E-state index in [1.54, 1.807) is 30.5 Å². The fourth-order valence-corrected chi connectivity index (χ4v) is 4.78. The number of benzene rings is 2. The molecule has 1 aliphatic heterocycles. The number of nitrogens with zero attached hydrogens (tertiary/aromatic N) is 3. The van der Waals surface area contributed by atoms with Gasteiger partial charge in [0.2, 0.25) is 0 Å². The fourth-order valence-electron chi connectivity index (χ4n) is 4.36. The maximum atomic E-state index is 15.1. The first-order chi connectivity index (χ1) is 15.1. The van der Waals surface area contributed by atoms with Gasteiger partial charge in [0.15, 0.2) is 5.82 Å². The van der Waals surface area contributed by atoms with Crippen LogP contribution in [0.3, 0.4) is 0 Å². The van der Waals surface area contributed by atoms with E-state index in [4.69, 9.17) is 9.47 Å². The molecule has 1 saturated heterocycles. The second-order valence-corrected chi connectivity index (χ2v) is 9.13. The minimum atomic E-state index is -0.375. The molecule has 0 spiro atoms. The molecule has 1 aliphatic carbocycles. The second-order valence-electron chi connectivity index (χ2n) is 8.21. The van der Waals surface area contributed by atoms with Crippen molar-refractivity contribution in [3.63, 3.8) is 0 Å². The van der Waals surface area contributed by atoms with Gasteiger partial charge in [-0.15, -0.1) is 0 Å². The summed E-state index contributed by atoms with van der Waals surface area (Å²) in [5.74, 6) is 1.35. The summed E-state index contributed by atoms with van der Waals surface area (Å²) in [5, 5.41) is 4.30. The fraction of sp³-hybridized carbons (Fsp3) is 0.261. The Morgan fingerprint density at radius 2 is 2.13 bits per heavy atom. The largest absolute Gasteiger partial charge is 0.492 e. The van der Waals surface area contributed by atoms with Crippen LogP contribution in [0.2, 0.25) is 0 Å². The molecule has 2 fully saturated rings. The summed E-state index contributed by atoms with van der Waals surface area (Å²) in [5.41, 5.74) is 1.75. The van der Waals surface area contributed by atoms with Crippen LogP contribution >= 0.6 is 15.9 Å². The van der Waals surface area contributed by atoms with Gasteiger partial charge in [-0.1, -0.05) is 15.9 Å². The van der Waals surface area contributed by atoms with Crippen molar-refractivity contribution in [1.29, 1.82) is 0 Å². The molecule has 2 aromatic heterocycles. The van der Waals surface area contributed by atoms with Gasteiger partial charge >= 0.3 is 0 Å². The third kappa shape index (κ3) is 3.21. The Bertz CT molecular complexity index is 1330. The van der Waals surface area contributed by atoms with Gasteiger partial charge in [-0.3, -0.25) is 4.98 Å². The van der Waals surface area contributed by atoms with Gasteiger partial charge < -0.3 is 14.8 Å². The van der Waals surface area contributed by atoms with E-state index >= 15 is 4.39 Å². The van der Waals surface area contributed by atoms with Crippen LogP contribution < -0.4 is 10.1 Å². The summed E-state index contributed by atoms with van der Waals surface area (Å²) in [7, 11) is 0. The van der Waals surface area contributed by atoms with Crippen molar-refractivity contribution in [2.24, 2.45) is 11.3 Å². The van der Waals surface area contributed by atoms with E-state index < -0.39 is 0 Å². The highest BCUT2D eigenvalue weighted by Gasteiger charge is 2.59. The Kier molecular flexibility index (Phi) is 4.33. The molecule has 2 atom stereocenters. The normalized spacial score (nSPS) is 21.9. The van der Waals surface area contributed by atoms with Crippen LogP contribution in [-0.4, -0.2) is 34.8 Å². The molecule has 0 amide bonds. The van der Waals surface area contributed by atoms with Crippen molar-refractivity contribution in [2.45, 2.75) is 6.42 Å². The van der Waals surface area contributed by atoms with Crippen LogP contribution in [0.25, 0.3) is 21.8 Å². The zero-order valence-electron chi connectivity index (χ0n) is 16.4. The number of fused-ring (bicyclic) bond motifs is 3. The minimum Gasteiger partial charge on any atom is -0.492 e. The Balaban J connectivity index is 1.40. The van der Waals surface area contributed by atoms with Crippen LogP contribution in [0.15, 0.2) is 53.4 Å². The van der Waals surface area contributed by atoms with E-state index in [1.165, 1.54) is 6.33 Å². The van der Waals surface area contributed by atoms with Gasteiger partial charge in [0.05, 0.1) is 41.9 Å². The van der Waals surface area contributed by atoms with Crippen LogP contribution in [0.1, 0.15) is 6.42 Å². The quantitative estimate of drug-likeness (QED) is 0.421. The standard InChI is InChI=1S/C23H18BrFN4O2/c24-14-6-18-20(19(7-14)31-11-23-8-13(23)9-30-10-23)22(28-12-27-18)29-17-4-3-16-15(21(17)25)2-1-5-26-16/h1-7,12-13H,8-11H2,(H,27,28,29). The van der Waals surface area contributed by atoms with Crippen molar-refractivity contribution in [3.8, 4) is 5.75 Å². The average molecular weight is 481 g/mol.